The second-order valence-electron chi connectivity index (χ2n) is 4.37. The molecule has 0 saturated carbocycles. The van der Waals surface area contributed by atoms with E-state index in [9.17, 15) is 0 Å². The quantitative estimate of drug-likeness (QED) is 0.845. The van der Waals surface area contributed by atoms with Crippen LogP contribution in [0.3, 0.4) is 0 Å². The largest absolute Gasteiger partial charge is 0.491 e. The van der Waals surface area contributed by atoms with Gasteiger partial charge in [-0.05, 0) is 36.8 Å². The van der Waals surface area contributed by atoms with E-state index in [-0.39, 0.29) is 6.61 Å². The molecule has 0 fully saturated rings. The number of aliphatic hydroxyl groups excluding tert-OH is 1. The van der Waals surface area contributed by atoms with Crippen molar-refractivity contribution >= 4 is 0 Å². The van der Waals surface area contributed by atoms with Crippen molar-refractivity contribution in [2.75, 3.05) is 13.2 Å². The van der Waals surface area contributed by atoms with Crippen LogP contribution in [0.4, 0.5) is 0 Å². The van der Waals surface area contributed by atoms with E-state index < -0.39 is 0 Å². The summed E-state index contributed by atoms with van der Waals surface area (Å²) in [5, 5.41) is 12.8. The van der Waals surface area contributed by atoms with E-state index in [4.69, 9.17) is 9.84 Å². The summed E-state index contributed by atoms with van der Waals surface area (Å²) in [7, 11) is 0. The Morgan fingerprint density at radius 1 is 1.40 bits per heavy atom. The molecule has 0 atom stereocenters. The van der Waals surface area contributed by atoms with Crippen molar-refractivity contribution in [3.8, 4) is 17.6 Å². The van der Waals surface area contributed by atoms with E-state index in [1.54, 1.807) is 6.20 Å². The minimum Gasteiger partial charge on any atom is -0.491 e. The van der Waals surface area contributed by atoms with Crippen LogP contribution in [-0.4, -0.2) is 28.1 Å². The molecule has 1 N–H and O–H groups in total. The van der Waals surface area contributed by atoms with Gasteiger partial charge in [-0.3, -0.25) is 4.68 Å². The first-order valence-electron chi connectivity index (χ1n) is 6.60. The molecule has 0 saturated heterocycles. The maximum Gasteiger partial charge on any atom is 0.122 e. The fraction of sp³-hybridized carbons (Fsp3) is 0.312. The van der Waals surface area contributed by atoms with Crippen LogP contribution in [0.5, 0.6) is 5.75 Å². The predicted octanol–water partition coefficient (Wildman–Crippen LogP) is 2.00. The maximum absolute atomic E-state index is 8.69. The molecular weight excluding hydrogens is 252 g/mol. The molecule has 1 aromatic carbocycles. The summed E-state index contributed by atoms with van der Waals surface area (Å²) in [6, 6.07) is 7.75. The van der Waals surface area contributed by atoms with Crippen LogP contribution in [0, 0.1) is 18.8 Å². The van der Waals surface area contributed by atoms with E-state index in [2.05, 4.69) is 16.9 Å². The second kappa shape index (κ2) is 7.37. The first kappa shape index (κ1) is 14.2. The Morgan fingerprint density at radius 3 is 3.00 bits per heavy atom. The van der Waals surface area contributed by atoms with E-state index in [1.807, 2.05) is 42.1 Å². The van der Waals surface area contributed by atoms with Crippen molar-refractivity contribution in [1.29, 1.82) is 0 Å². The van der Waals surface area contributed by atoms with E-state index >= 15 is 0 Å². The number of hydrogen-bond donors (Lipinski definition) is 1. The van der Waals surface area contributed by atoms with E-state index in [0.29, 0.717) is 13.0 Å². The lowest BCUT2D eigenvalue weighted by molar-refractivity contribution is 0.289. The summed E-state index contributed by atoms with van der Waals surface area (Å²) in [6.45, 7) is 3.41. The highest BCUT2D eigenvalue weighted by Gasteiger charge is 2.00. The third kappa shape index (κ3) is 4.15. The number of rotatable bonds is 5. The average Bonchev–Trinajstić information content (AvgIpc) is 2.95. The highest BCUT2D eigenvalue weighted by Crippen LogP contribution is 2.18. The van der Waals surface area contributed by atoms with E-state index in [1.165, 1.54) is 0 Å². The fourth-order valence-electron chi connectivity index (χ4n) is 1.79. The second-order valence-corrected chi connectivity index (χ2v) is 4.37. The Kier molecular flexibility index (Phi) is 5.22. The first-order valence-corrected chi connectivity index (χ1v) is 6.60. The molecular formula is C16H18N2O2. The lowest BCUT2D eigenvalue weighted by Gasteiger charge is -2.09. The van der Waals surface area contributed by atoms with Gasteiger partial charge in [0.15, 0.2) is 0 Å². The van der Waals surface area contributed by atoms with Gasteiger partial charge in [0, 0.05) is 24.4 Å². The first-order chi connectivity index (χ1) is 9.79. The van der Waals surface area contributed by atoms with Crippen molar-refractivity contribution in [2.45, 2.75) is 19.9 Å². The zero-order chi connectivity index (χ0) is 14.2. The topological polar surface area (TPSA) is 47.3 Å². The average molecular weight is 270 g/mol. The van der Waals surface area contributed by atoms with Gasteiger partial charge >= 0.3 is 0 Å². The van der Waals surface area contributed by atoms with Gasteiger partial charge < -0.3 is 9.84 Å². The molecule has 1 aromatic heterocycles. The van der Waals surface area contributed by atoms with Gasteiger partial charge in [0.25, 0.3) is 0 Å². The summed E-state index contributed by atoms with van der Waals surface area (Å²) in [4.78, 5) is 0. The van der Waals surface area contributed by atoms with Crippen LogP contribution in [0.25, 0.3) is 0 Å². The molecule has 2 aromatic rings. The van der Waals surface area contributed by atoms with Crippen LogP contribution in [-0.2, 0) is 6.54 Å². The van der Waals surface area contributed by atoms with Crippen LogP contribution < -0.4 is 4.74 Å². The smallest absolute Gasteiger partial charge is 0.122 e. The Hall–Kier alpha value is -2.25. The zero-order valence-electron chi connectivity index (χ0n) is 11.5. The molecule has 2 rings (SSSR count). The third-order valence-corrected chi connectivity index (χ3v) is 2.78. The van der Waals surface area contributed by atoms with Gasteiger partial charge in [-0.15, -0.1) is 0 Å². The van der Waals surface area contributed by atoms with Gasteiger partial charge in [-0.2, -0.15) is 5.10 Å². The van der Waals surface area contributed by atoms with Gasteiger partial charge in [-0.1, -0.05) is 11.8 Å². The number of aliphatic hydroxyl groups is 1. The van der Waals surface area contributed by atoms with Crippen molar-refractivity contribution in [2.24, 2.45) is 0 Å². The highest BCUT2D eigenvalue weighted by molar-refractivity contribution is 5.43. The molecule has 20 heavy (non-hydrogen) atoms. The minimum atomic E-state index is 0.0978. The standard InChI is InChI=1S/C16H18N2O2/c1-14-13-15(5-2-3-11-19)6-7-16(14)20-12-10-18-9-4-8-17-18/h4,6-9,13,19H,3,10-12H2,1H3. The van der Waals surface area contributed by atoms with Crippen molar-refractivity contribution in [1.82, 2.24) is 9.78 Å². The summed E-state index contributed by atoms with van der Waals surface area (Å²) in [6.07, 6.45) is 4.17. The maximum atomic E-state index is 8.69. The molecule has 0 aliphatic heterocycles. The predicted molar refractivity (Wildman–Crippen MR) is 77.5 cm³/mol. The van der Waals surface area contributed by atoms with Crippen LogP contribution in [0.2, 0.25) is 0 Å². The summed E-state index contributed by atoms with van der Waals surface area (Å²) >= 11 is 0. The number of aryl methyl sites for hydroxylation is 1. The molecule has 0 aliphatic rings. The van der Waals surface area contributed by atoms with Crippen LogP contribution >= 0.6 is 0 Å². The molecule has 0 unspecified atom stereocenters. The molecule has 0 aliphatic carbocycles. The number of benzene rings is 1. The monoisotopic (exact) mass is 270 g/mol. The van der Waals surface area contributed by atoms with Crippen molar-refractivity contribution in [3.63, 3.8) is 0 Å². The summed E-state index contributed by atoms with van der Waals surface area (Å²) in [5.41, 5.74) is 2.00. The van der Waals surface area contributed by atoms with Gasteiger partial charge in [0.1, 0.15) is 12.4 Å². The zero-order valence-corrected chi connectivity index (χ0v) is 11.5. The van der Waals surface area contributed by atoms with E-state index in [0.717, 1.165) is 23.4 Å². The van der Waals surface area contributed by atoms with Gasteiger partial charge in [0.05, 0.1) is 13.2 Å². The molecule has 0 bridgehead atoms. The Morgan fingerprint density at radius 2 is 2.30 bits per heavy atom. The van der Waals surface area contributed by atoms with Crippen molar-refractivity contribution < 1.29 is 9.84 Å². The molecule has 0 amide bonds. The third-order valence-electron chi connectivity index (χ3n) is 2.78. The fourth-order valence-corrected chi connectivity index (χ4v) is 1.79. The van der Waals surface area contributed by atoms with Crippen LogP contribution in [0.15, 0.2) is 36.7 Å². The highest BCUT2D eigenvalue weighted by atomic mass is 16.5. The van der Waals surface area contributed by atoms with Gasteiger partial charge in [0.2, 0.25) is 0 Å². The number of aromatic nitrogens is 2. The normalized spacial score (nSPS) is 9.90. The Balaban J connectivity index is 1.91. The summed E-state index contributed by atoms with van der Waals surface area (Å²) in [5.74, 6) is 6.79. The molecule has 0 radical (unpaired) electrons. The molecule has 1 heterocycles. The lowest BCUT2D eigenvalue weighted by atomic mass is 10.1. The summed E-state index contributed by atoms with van der Waals surface area (Å²) < 4.78 is 7.58. The minimum absolute atomic E-state index is 0.0978. The van der Waals surface area contributed by atoms with Gasteiger partial charge in [-0.25, -0.2) is 0 Å². The van der Waals surface area contributed by atoms with Crippen molar-refractivity contribution in [3.05, 3.63) is 47.8 Å². The SMILES string of the molecule is Cc1cc(C#CCCO)ccc1OCCn1cccn1. The number of hydrogen-bond acceptors (Lipinski definition) is 3. The molecule has 104 valence electrons. The number of ether oxygens (including phenoxy) is 1. The molecule has 4 heteroatoms. The lowest BCUT2D eigenvalue weighted by Crippen LogP contribution is -2.08. The van der Waals surface area contributed by atoms with Crippen LogP contribution in [0.1, 0.15) is 17.5 Å². The Labute approximate surface area is 119 Å². The molecule has 0 spiro atoms. The molecule has 4 nitrogen and oxygen atoms in total. The number of nitrogens with zero attached hydrogens (tertiary/aromatic N) is 2. The Bertz CT molecular complexity index is 595.